The normalized spacial score (nSPS) is 11.5. The maximum atomic E-state index is 12.3. The van der Waals surface area contributed by atoms with E-state index < -0.39 is 9.84 Å². The van der Waals surface area contributed by atoms with Crippen molar-refractivity contribution >= 4 is 43.0 Å². The van der Waals surface area contributed by atoms with Crippen LogP contribution < -0.4 is 5.32 Å². The number of carbonyl (C=O) groups excluding carboxylic acids is 1. The van der Waals surface area contributed by atoms with Crippen molar-refractivity contribution < 1.29 is 13.2 Å². The number of aromatic nitrogens is 1. The summed E-state index contributed by atoms with van der Waals surface area (Å²) in [6.45, 7) is 0. The van der Waals surface area contributed by atoms with Crippen LogP contribution in [0.5, 0.6) is 0 Å². The van der Waals surface area contributed by atoms with Gasteiger partial charge in [0.05, 0.1) is 26.3 Å². The van der Waals surface area contributed by atoms with Gasteiger partial charge in [0.1, 0.15) is 0 Å². The monoisotopic (exact) mass is 332 g/mol. The Kier molecular flexibility index (Phi) is 3.67. The van der Waals surface area contributed by atoms with E-state index in [1.54, 1.807) is 41.9 Å². The van der Waals surface area contributed by atoms with E-state index in [1.165, 1.54) is 17.4 Å². The summed E-state index contributed by atoms with van der Waals surface area (Å²) in [6.07, 6.45) is 1.11. The first-order valence-corrected chi connectivity index (χ1v) is 9.16. The van der Waals surface area contributed by atoms with Crippen LogP contribution in [0.25, 0.3) is 10.2 Å². The van der Waals surface area contributed by atoms with Gasteiger partial charge in [0, 0.05) is 11.8 Å². The third kappa shape index (κ3) is 2.86. The van der Waals surface area contributed by atoms with E-state index in [0.29, 0.717) is 5.56 Å². The number of amides is 1. The van der Waals surface area contributed by atoms with Gasteiger partial charge < -0.3 is 5.32 Å². The molecule has 0 saturated carbocycles. The molecular formula is C15H12N2O3S2. The number of anilines is 1. The molecule has 0 unspecified atom stereocenters. The van der Waals surface area contributed by atoms with E-state index in [4.69, 9.17) is 0 Å². The van der Waals surface area contributed by atoms with Gasteiger partial charge in [-0.3, -0.25) is 4.79 Å². The zero-order valence-corrected chi connectivity index (χ0v) is 13.2. The van der Waals surface area contributed by atoms with Gasteiger partial charge in [-0.1, -0.05) is 12.1 Å². The summed E-state index contributed by atoms with van der Waals surface area (Å²) in [4.78, 5) is 16.6. The number of rotatable bonds is 3. The molecule has 3 aromatic rings. The SMILES string of the molecule is CS(=O)(=O)c1ccccc1NC(=O)c1ccc2ncsc2c1. The molecular weight excluding hydrogens is 320 g/mol. The molecule has 0 radical (unpaired) electrons. The fourth-order valence-corrected chi connectivity index (χ4v) is 3.64. The summed E-state index contributed by atoms with van der Waals surface area (Å²) in [6, 6.07) is 11.5. The quantitative estimate of drug-likeness (QED) is 0.800. The summed E-state index contributed by atoms with van der Waals surface area (Å²) in [7, 11) is -3.41. The number of carbonyl (C=O) groups is 1. The Balaban J connectivity index is 1.94. The van der Waals surface area contributed by atoms with Crippen LogP contribution in [0.15, 0.2) is 52.9 Å². The minimum absolute atomic E-state index is 0.0993. The zero-order valence-electron chi connectivity index (χ0n) is 11.6. The molecule has 0 saturated heterocycles. The number of para-hydroxylation sites is 1. The standard InChI is InChI=1S/C15H12N2O3S2/c1-22(19,20)14-5-3-2-4-12(14)17-15(18)10-6-7-11-13(8-10)21-9-16-11/h2-9H,1H3,(H,17,18). The molecule has 7 heteroatoms. The lowest BCUT2D eigenvalue weighted by Crippen LogP contribution is -2.14. The molecule has 5 nitrogen and oxygen atoms in total. The summed E-state index contributed by atoms with van der Waals surface area (Å²) >= 11 is 1.45. The predicted octanol–water partition coefficient (Wildman–Crippen LogP) is 2.95. The number of nitrogens with one attached hydrogen (secondary N) is 1. The number of hydrogen-bond donors (Lipinski definition) is 1. The van der Waals surface area contributed by atoms with Crippen LogP contribution in [-0.2, 0) is 9.84 Å². The van der Waals surface area contributed by atoms with Gasteiger partial charge in [0.25, 0.3) is 5.91 Å². The van der Waals surface area contributed by atoms with Crippen molar-refractivity contribution in [2.24, 2.45) is 0 Å². The maximum Gasteiger partial charge on any atom is 0.255 e. The topological polar surface area (TPSA) is 76.1 Å². The van der Waals surface area contributed by atoms with Gasteiger partial charge >= 0.3 is 0 Å². The molecule has 112 valence electrons. The molecule has 0 aliphatic heterocycles. The fourth-order valence-electron chi connectivity index (χ4n) is 2.08. The highest BCUT2D eigenvalue weighted by Crippen LogP contribution is 2.23. The van der Waals surface area contributed by atoms with Crippen molar-refractivity contribution in [3.8, 4) is 0 Å². The van der Waals surface area contributed by atoms with Crippen molar-refractivity contribution in [2.75, 3.05) is 11.6 Å². The summed E-state index contributed by atoms with van der Waals surface area (Å²) in [5, 5.41) is 2.66. The third-order valence-corrected chi connectivity index (χ3v) is 5.07. The Hall–Kier alpha value is -2.25. The second kappa shape index (κ2) is 5.51. The van der Waals surface area contributed by atoms with E-state index in [2.05, 4.69) is 10.3 Å². The number of benzene rings is 2. The molecule has 1 amide bonds. The molecule has 0 fully saturated rings. The highest BCUT2D eigenvalue weighted by Gasteiger charge is 2.15. The molecule has 0 atom stereocenters. The van der Waals surface area contributed by atoms with Gasteiger partial charge in [0.2, 0.25) is 0 Å². The first-order valence-electron chi connectivity index (χ1n) is 6.39. The van der Waals surface area contributed by atoms with Crippen molar-refractivity contribution in [2.45, 2.75) is 4.90 Å². The lowest BCUT2D eigenvalue weighted by atomic mass is 10.2. The second-order valence-electron chi connectivity index (χ2n) is 4.76. The number of nitrogens with zero attached hydrogens (tertiary/aromatic N) is 1. The lowest BCUT2D eigenvalue weighted by molar-refractivity contribution is 0.102. The lowest BCUT2D eigenvalue weighted by Gasteiger charge is -2.09. The Labute approximate surface area is 131 Å². The Morgan fingerprint density at radius 1 is 1.18 bits per heavy atom. The van der Waals surface area contributed by atoms with E-state index >= 15 is 0 Å². The van der Waals surface area contributed by atoms with Crippen LogP contribution in [0.1, 0.15) is 10.4 Å². The molecule has 0 bridgehead atoms. The molecule has 1 N–H and O–H groups in total. The number of hydrogen-bond acceptors (Lipinski definition) is 5. The molecule has 22 heavy (non-hydrogen) atoms. The minimum atomic E-state index is -3.41. The molecule has 0 aliphatic carbocycles. The predicted molar refractivity (Wildman–Crippen MR) is 87.1 cm³/mol. The van der Waals surface area contributed by atoms with Gasteiger partial charge in [-0.15, -0.1) is 11.3 Å². The fraction of sp³-hybridized carbons (Fsp3) is 0.0667. The Bertz CT molecular complexity index is 962. The maximum absolute atomic E-state index is 12.3. The molecule has 3 rings (SSSR count). The Morgan fingerprint density at radius 3 is 2.73 bits per heavy atom. The highest BCUT2D eigenvalue weighted by molar-refractivity contribution is 7.90. The van der Waals surface area contributed by atoms with Crippen LogP contribution in [-0.4, -0.2) is 25.6 Å². The molecule has 0 spiro atoms. The van der Waals surface area contributed by atoms with Crippen molar-refractivity contribution in [3.63, 3.8) is 0 Å². The van der Waals surface area contributed by atoms with Crippen LogP contribution >= 0.6 is 11.3 Å². The summed E-state index contributed by atoms with van der Waals surface area (Å²) in [5.74, 6) is -0.355. The van der Waals surface area contributed by atoms with Crippen molar-refractivity contribution in [1.82, 2.24) is 4.98 Å². The Morgan fingerprint density at radius 2 is 1.95 bits per heavy atom. The van der Waals surface area contributed by atoms with Crippen LogP contribution in [0.2, 0.25) is 0 Å². The smallest absolute Gasteiger partial charge is 0.255 e. The van der Waals surface area contributed by atoms with E-state index in [-0.39, 0.29) is 16.5 Å². The highest BCUT2D eigenvalue weighted by atomic mass is 32.2. The van der Waals surface area contributed by atoms with Crippen LogP contribution in [0.3, 0.4) is 0 Å². The number of thiazole rings is 1. The van der Waals surface area contributed by atoms with Crippen LogP contribution in [0, 0.1) is 0 Å². The summed E-state index contributed by atoms with van der Waals surface area (Å²) in [5.41, 5.74) is 3.28. The van der Waals surface area contributed by atoms with Gasteiger partial charge in [-0.2, -0.15) is 0 Å². The van der Waals surface area contributed by atoms with Crippen molar-refractivity contribution in [1.29, 1.82) is 0 Å². The molecule has 1 aromatic heterocycles. The largest absolute Gasteiger partial charge is 0.321 e. The second-order valence-corrected chi connectivity index (χ2v) is 7.63. The molecule has 0 aliphatic rings. The van der Waals surface area contributed by atoms with E-state index in [1.807, 2.05) is 0 Å². The van der Waals surface area contributed by atoms with Crippen LogP contribution in [0.4, 0.5) is 5.69 Å². The van der Waals surface area contributed by atoms with Gasteiger partial charge in [0.15, 0.2) is 9.84 Å². The number of sulfone groups is 1. The first-order chi connectivity index (χ1) is 10.4. The van der Waals surface area contributed by atoms with Gasteiger partial charge in [-0.05, 0) is 30.3 Å². The summed E-state index contributed by atoms with van der Waals surface area (Å²) < 4.78 is 24.4. The van der Waals surface area contributed by atoms with Gasteiger partial charge in [-0.25, -0.2) is 13.4 Å². The zero-order chi connectivity index (χ0) is 15.7. The van der Waals surface area contributed by atoms with E-state index in [0.717, 1.165) is 16.5 Å². The van der Waals surface area contributed by atoms with E-state index in [9.17, 15) is 13.2 Å². The minimum Gasteiger partial charge on any atom is -0.321 e. The average Bonchev–Trinajstić information content (AvgIpc) is 2.94. The third-order valence-electron chi connectivity index (χ3n) is 3.13. The first kappa shape index (κ1) is 14.7. The molecule has 2 aromatic carbocycles. The molecule has 1 heterocycles. The number of fused-ring (bicyclic) bond motifs is 1. The van der Waals surface area contributed by atoms with Crippen molar-refractivity contribution in [3.05, 3.63) is 53.5 Å². The average molecular weight is 332 g/mol.